The predicted octanol–water partition coefficient (Wildman–Crippen LogP) is 4.80. The maximum atomic E-state index is 13.4. The number of piperazine rings is 1. The third kappa shape index (κ3) is 5.11. The van der Waals surface area contributed by atoms with E-state index in [9.17, 15) is 17.6 Å². The van der Waals surface area contributed by atoms with Gasteiger partial charge in [0.25, 0.3) is 5.91 Å². The number of rotatable bonds is 7. The number of halogens is 2. The number of methoxy groups -OCH3 is 1. The molecule has 1 amide bonds. The topological polar surface area (TPSA) is 66.9 Å². The SMILES string of the molecule is CCC(CC)S(=O)(=O)c1ccc(OC)c(N2CCN(C(=O)c3ccc(F)cc3Cl)CC2C)c1. The van der Waals surface area contributed by atoms with Crippen molar-refractivity contribution in [2.75, 3.05) is 31.6 Å². The molecule has 6 nitrogen and oxygen atoms in total. The Balaban J connectivity index is 1.87. The molecule has 1 fully saturated rings. The van der Waals surface area contributed by atoms with Gasteiger partial charge in [-0.2, -0.15) is 0 Å². The maximum Gasteiger partial charge on any atom is 0.255 e. The van der Waals surface area contributed by atoms with Crippen LogP contribution in [-0.4, -0.2) is 57.3 Å². The lowest BCUT2D eigenvalue weighted by Crippen LogP contribution is -2.54. The van der Waals surface area contributed by atoms with Gasteiger partial charge in [0.05, 0.1) is 33.5 Å². The zero-order chi connectivity index (χ0) is 24.3. The molecule has 1 aliphatic heterocycles. The minimum atomic E-state index is -3.47. The van der Waals surface area contributed by atoms with Crippen LogP contribution in [0.15, 0.2) is 41.3 Å². The van der Waals surface area contributed by atoms with Crippen molar-refractivity contribution in [1.29, 1.82) is 0 Å². The van der Waals surface area contributed by atoms with Crippen LogP contribution in [0.4, 0.5) is 10.1 Å². The highest BCUT2D eigenvalue weighted by Gasteiger charge is 2.31. The normalized spacial score (nSPS) is 16.9. The molecule has 33 heavy (non-hydrogen) atoms. The number of carbonyl (C=O) groups is 1. The molecule has 0 spiro atoms. The number of anilines is 1. The molecule has 1 aliphatic rings. The number of amides is 1. The number of ether oxygens (including phenoxy) is 1. The number of benzene rings is 2. The average molecular weight is 497 g/mol. The number of hydrogen-bond acceptors (Lipinski definition) is 5. The summed E-state index contributed by atoms with van der Waals surface area (Å²) in [6.45, 7) is 7.01. The van der Waals surface area contributed by atoms with Crippen LogP contribution >= 0.6 is 11.6 Å². The van der Waals surface area contributed by atoms with Crippen molar-refractivity contribution in [2.24, 2.45) is 0 Å². The Morgan fingerprint density at radius 1 is 1.18 bits per heavy atom. The summed E-state index contributed by atoms with van der Waals surface area (Å²) in [6, 6.07) is 8.59. The molecule has 180 valence electrons. The highest BCUT2D eigenvalue weighted by Crippen LogP contribution is 2.35. The van der Waals surface area contributed by atoms with Crippen LogP contribution in [0.1, 0.15) is 44.0 Å². The van der Waals surface area contributed by atoms with Gasteiger partial charge < -0.3 is 14.5 Å². The van der Waals surface area contributed by atoms with Gasteiger partial charge in [0.1, 0.15) is 11.6 Å². The standard InChI is InChI=1S/C24H30ClFN2O4S/c1-5-18(6-2)33(30,31)19-8-10-23(32-4)22(14-19)28-12-11-27(15-16(28)3)24(29)20-9-7-17(26)13-21(20)25/h7-10,13-14,16,18H,5-6,11-12,15H2,1-4H3. The van der Waals surface area contributed by atoms with Crippen molar-refractivity contribution in [3.05, 3.63) is 52.8 Å². The molecule has 0 radical (unpaired) electrons. The molecule has 2 aromatic rings. The minimum Gasteiger partial charge on any atom is -0.495 e. The van der Waals surface area contributed by atoms with Gasteiger partial charge in [-0.25, -0.2) is 12.8 Å². The highest BCUT2D eigenvalue weighted by molar-refractivity contribution is 7.92. The van der Waals surface area contributed by atoms with Gasteiger partial charge >= 0.3 is 0 Å². The third-order valence-corrected chi connectivity index (χ3v) is 8.98. The molecule has 9 heteroatoms. The van der Waals surface area contributed by atoms with E-state index in [1.807, 2.05) is 20.8 Å². The Labute approximate surface area is 200 Å². The van der Waals surface area contributed by atoms with Crippen molar-refractivity contribution in [2.45, 2.75) is 49.8 Å². The molecule has 1 unspecified atom stereocenters. The molecule has 0 aromatic heterocycles. The highest BCUT2D eigenvalue weighted by atomic mass is 35.5. The van der Waals surface area contributed by atoms with Crippen molar-refractivity contribution >= 4 is 33.0 Å². The summed E-state index contributed by atoms with van der Waals surface area (Å²) in [5.41, 5.74) is 0.943. The second-order valence-electron chi connectivity index (χ2n) is 8.23. The van der Waals surface area contributed by atoms with Gasteiger partial charge in [0.2, 0.25) is 0 Å². The summed E-state index contributed by atoms with van der Waals surface area (Å²) < 4.78 is 45.1. The van der Waals surface area contributed by atoms with Crippen LogP contribution in [0.2, 0.25) is 5.02 Å². The Morgan fingerprint density at radius 2 is 1.88 bits per heavy atom. The van der Waals surface area contributed by atoms with E-state index in [1.54, 1.807) is 30.2 Å². The van der Waals surface area contributed by atoms with Gasteiger partial charge in [-0.3, -0.25) is 4.79 Å². The minimum absolute atomic E-state index is 0.0797. The van der Waals surface area contributed by atoms with Crippen LogP contribution in [0.3, 0.4) is 0 Å². The fourth-order valence-corrected chi connectivity index (χ4v) is 6.37. The molecule has 1 saturated heterocycles. The zero-order valence-corrected chi connectivity index (χ0v) is 20.9. The van der Waals surface area contributed by atoms with Gasteiger partial charge in [-0.05, 0) is 56.2 Å². The fraction of sp³-hybridized carbons (Fsp3) is 0.458. The van der Waals surface area contributed by atoms with E-state index < -0.39 is 20.9 Å². The monoisotopic (exact) mass is 496 g/mol. The molecule has 2 aromatic carbocycles. The third-order valence-electron chi connectivity index (χ3n) is 6.21. The molecule has 1 heterocycles. The van der Waals surface area contributed by atoms with E-state index in [4.69, 9.17) is 16.3 Å². The first-order valence-electron chi connectivity index (χ1n) is 11.1. The second-order valence-corrected chi connectivity index (χ2v) is 10.9. The van der Waals surface area contributed by atoms with Crippen molar-refractivity contribution in [3.63, 3.8) is 0 Å². The summed E-state index contributed by atoms with van der Waals surface area (Å²) in [7, 11) is -1.91. The molecule has 0 saturated carbocycles. The number of hydrogen-bond donors (Lipinski definition) is 0. The molecular weight excluding hydrogens is 467 g/mol. The molecule has 1 atom stereocenters. The summed E-state index contributed by atoms with van der Waals surface area (Å²) in [4.78, 5) is 17.0. The second kappa shape index (κ2) is 10.3. The van der Waals surface area contributed by atoms with Crippen LogP contribution in [0.25, 0.3) is 0 Å². The van der Waals surface area contributed by atoms with E-state index in [2.05, 4.69) is 4.90 Å². The van der Waals surface area contributed by atoms with Crippen molar-refractivity contribution in [3.8, 4) is 5.75 Å². The van der Waals surface area contributed by atoms with Crippen LogP contribution in [0.5, 0.6) is 5.75 Å². The quantitative estimate of drug-likeness (QED) is 0.550. The lowest BCUT2D eigenvalue weighted by atomic mass is 10.1. The average Bonchev–Trinajstić information content (AvgIpc) is 2.78. The Bertz CT molecular complexity index is 1120. The lowest BCUT2D eigenvalue weighted by molar-refractivity contribution is 0.0726. The zero-order valence-electron chi connectivity index (χ0n) is 19.3. The maximum absolute atomic E-state index is 13.4. The fourth-order valence-electron chi connectivity index (χ4n) is 4.32. The van der Waals surface area contributed by atoms with E-state index in [-0.39, 0.29) is 27.4 Å². The van der Waals surface area contributed by atoms with Crippen LogP contribution < -0.4 is 9.64 Å². The molecular formula is C24H30ClFN2O4S. The van der Waals surface area contributed by atoms with Gasteiger partial charge in [-0.1, -0.05) is 25.4 Å². The van der Waals surface area contributed by atoms with Gasteiger partial charge in [0, 0.05) is 25.7 Å². The summed E-state index contributed by atoms with van der Waals surface area (Å²) in [5, 5.41) is -0.359. The van der Waals surface area contributed by atoms with Crippen molar-refractivity contribution < 1.29 is 22.3 Å². The summed E-state index contributed by atoms with van der Waals surface area (Å²) in [6.07, 6.45) is 1.09. The van der Waals surface area contributed by atoms with E-state index in [0.29, 0.717) is 43.9 Å². The molecule has 0 bridgehead atoms. The van der Waals surface area contributed by atoms with E-state index in [0.717, 1.165) is 6.07 Å². The first kappa shape index (κ1) is 25.3. The number of sulfone groups is 1. The first-order valence-corrected chi connectivity index (χ1v) is 13.0. The van der Waals surface area contributed by atoms with E-state index in [1.165, 1.54) is 12.1 Å². The Morgan fingerprint density at radius 3 is 2.45 bits per heavy atom. The van der Waals surface area contributed by atoms with E-state index >= 15 is 0 Å². The lowest BCUT2D eigenvalue weighted by Gasteiger charge is -2.42. The van der Waals surface area contributed by atoms with Gasteiger partial charge in [-0.15, -0.1) is 0 Å². The van der Waals surface area contributed by atoms with Crippen molar-refractivity contribution in [1.82, 2.24) is 4.90 Å². The summed E-state index contributed by atoms with van der Waals surface area (Å²) in [5.74, 6) is -0.180. The molecule has 0 N–H and O–H groups in total. The number of carbonyl (C=O) groups excluding carboxylic acids is 1. The first-order chi connectivity index (χ1) is 15.6. The molecule has 3 rings (SSSR count). The molecule has 0 aliphatic carbocycles. The van der Waals surface area contributed by atoms with Crippen LogP contribution in [-0.2, 0) is 9.84 Å². The van der Waals surface area contributed by atoms with Crippen LogP contribution in [0, 0.1) is 5.82 Å². The Hall–Kier alpha value is -2.32. The Kier molecular flexibility index (Phi) is 7.90. The predicted molar refractivity (Wildman–Crippen MR) is 129 cm³/mol. The smallest absolute Gasteiger partial charge is 0.255 e. The largest absolute Gasteiger partial charge is 0.495 e. The summed E-state index contributed by atoms with van der Waals surface area (Å²) >= 11 is 6.08. The number of nitrogens with zero attached hydrogens (tertiary/aromatic N) is 2. The van der Waals surface area contributed by atoms with Gasteiger partial charge in [0.15, 0.2) is 9.84 Å².